The van der Waals surface area contributed by atoms with Gasteiger partial charge in [-0.25, -0.2) is 9.59 Å². The normalized spacial score (nSPS) is 19.2. The Balaban J connectivity index is 1.55. The van der Waals surface area contributed by atoms with Gasteiger partial charge in [0.25, 0.3) is 5.91 Å². The predicted octanol–water partition coefficient (Wildman–Crippen LogP) is 2.56. The number of benzene rings is 1. The standard InChI is InChI=1S/C23H25ClN4O5/c1-2-32-22(30)19-17(25-23(31)26-20(19)15-6-3-4-7-16(15)24)14-27-9-11-28(12-10-27)21(29)18-8-5-13-33-18/h3-8,13,20H,2,9-12,14H2,1H3,(H2,25,26,31)/t20-/m1/s1. The topological polar surface area (TPSA) is 104 Å². The molecule has 3 heterocycles. The summed E-state index contributed by atoms with van der Waals surface area (Å²) in [6.07, 6.45) is 1.47. The summed E-state index contributed by atoms with van der Waals surface area (Å²) in [6, 6.07) is 9.24. The molecule has 0 unspecified atom stereocenters. The fourth-order valence-corrected chi connectivity index (χ4v) is 4.27. The molecule has 10 heteroatoms. The van der Waals surface area contributed by atoms with Crippen LogP contribution in [-0.4, -0.2) is 67.0 Å². The smallest absolute Gasteiger partial charge is 0.338 e. The zero-order valence-corrected chi connectivity index (χ0v) is 18.9. The summed E-state index contributed by atoms with van der Waals surface area (Å²) >= 11 is 6.38. The number of piperazine rings is 1. The third kappa shape index (κ3) is 5.04. The molecule has 2 aliphatic heterocycles. The molecule has 4 rings (SSSR count). The molecule has 3 amide bonds. The SMILES string of the molecule is CCOC(=O)C1=C(CN2CCN(C(=O)c3ccco3)CC2)NC(=O)N[C@@H]1c1ccccc1Cl. The van der Waals surface area contributed by atoms with Gasteiger partial charge < -0.3 is 24.7 Å². The lowest BCUT2D eigenvalue weighted by Crippen LogP contribution is -2.52. The Hall–Kier alpha value is -3.30. The molecule has 9 nitrogen and oxygen atoms in total. The van der Waals surface area contributed by atoms with Gasteiger partial charge in [-0.1, -0.05) is 29.8 Å². The number of rotatable bonds is 6. The number of carbonyl (C=O) groups excluding carboxylic acids is 3. The second kappa shape index (κ2) is 10.1. The van der Waals surface area contributed by atoms with E-state index in [1.807, 2.05) is 0 Å². The minimum Gasteiger partial charge on any atom is -0.463 e. The van der Waals surface area contributed by atoms with E-state index in [9.17, 15) is 14.4 Å². The Morgan fingerprint density at radius 1 is 1.15 bits per heavy atom. The van der Waals surface area contributed by atoms with E-state index in [2.05, 4.69) is 15.5 Å². The monoisotopic (exact) mass is 472 g/mol. The van der Waals surface area contributed by atoms with E-state index in [0.29, 0.717) is 60.3 Å². The van der Waals surface area contributed by atoms with Crippen molar-refractivity contribution in [1.29, 1.82) is 0 Å². The highest BCUT2D eigenvalue weighted by Gasteiger charge is 2.35. The second-order valence-electron chi connectivity index (χ2n) is 7.71. The van der Waals surface area contributed by atoms with Crippen molar-refractivity contribution in [1.82, 2.24) is 20.4 Å². The van der Waals surface area contributed by atoms with Gasteiger partial charge in [0.1, 0.15) is 0 Å². The van der Waals surface area contributed by atoms with Gasteiger partial charge in [-0.05, 0) is 30.7 Å². The molecule has 0 saturated carbocycles. The summed E-state index contributed by atoms with van der Waals surface area (Å²) in [5, 5.41) is 6.01. The minimum absolute atomic E-state index is 0.153. The maximum atomic E-state index is 12.9. The number of hydrogen-bond acceptors (Lipinski definition) is 6. The van der Waals surface area contributed by atoms with Crippen LogP contribution in [0.2, 0.25) is 5.02 Å². The van der Waals surface area contributed by atoms with E-state index in [0.717, 1.165) is 0 Å². The fraction of sp³-hybridized carbons (Fsp3) is 0.348. The van der Waals surface area contributed by atoms with Crippen molar-refractivity contribution in [2.75, 3.05) is 39.3 Å². The molecule has 2 aliphatic rings. The highest BCUT2D eigenvalue weighted by Crippen LogP contribution is 2.32. The van der Waals surface area contributed by atoms with Crippen molar-refractivity contribution in [3.8, 4) is 0 Å². The van der Waals surface area contributed by atoms with Crippen molar-refractivity contribution in [2.45, 2.75) is 13.0 Å². The molecule has 33 heavy (non-hydrogen) atoms. The maximum absolute atomic E-state index is 12.9. The maximum Gasteiger partial charge on any atom is 0.338 e. The summed E-state index contributed by atoms with van der Waals surface area (Å²) in [5.41, 5.74) is 1.40. The molecular weight excluding hydrogens is 448 g/mol. The number of ether oxygens (including phenoxy) is 1. The molecule has 0 bridgehead atoms. The Morgan fingerprint density at radius 2 is 1.91 bits per heavy atom. The number of esters is 1. The Kier molecular flexibility index (Phi) is 7.00. The molecule has 1 aromatic heterocycles. The molecule has 1 saturated heterocycles. The van der Waals surface area contributed by atoms with E-state index >= 15 is 0 Å². The van der Waals surface area contributed by atoms with Crippen LogP contribution in [0.15, 0.2) is 58.3 Å². The fourth-order valence-electron chi connectivity index (χ4n) is 4.02. The van der Waals surface area contributed by atoms with Crippen molar-refractivity contribution in [3.05, 3.63) is 70.3 Å². The molecule has 174 valence electrons. The Labute approximate surface area is 196 Å². The van der Waals surface area contributed by atoms with Crippen molar-refractivity contribution in [2.24, 2.45) is 0 Å². The largest absolute Gasteiger partial charge is 0.463 e. The Bertz CT molecular complexity index is 1060. The lowest BCUT2D eigenvalue weighted by Gasteiger charge is -2.36. The third-order valence-corrected chi connectivity index (χ3v) is 5.98. The van der Waals surface area contributed by atoms with E-state index < -0.39 is 18.0 Å². The molecule has 0 aliphatic carbocycles. The molecule has 0 spiro atoms. The lowest BCUT2D eigenvalue weighted by molar-refractivity contribution is -0.139. The van der Waals surface area contributed by atoms with Crippen LogP contribution in [0, 0.1) is 0 Å². The summed E-state index contributed by atoms with van der Waals surface area (Å²) in [7, 11) is 0. The summed E-state index contributed by atoms with van der Waals surface area (Å²) in [6.45, 7) is 4.41. The zero-order valence-electron chi connectivity index (χ0n) is 18.2. The van der Waals surface area contributed by atoms with Crippen LogP contribution >= 0.6 is 11.6 Å². The van der Waals surface area contributed by atoms with E-state index in [4.69, 9.17) is 20.8 Å². The zero-order chi connectivity index (χ0) is 23.4. The molecular formula is C23H25ClN4O5. The molecule has 0 radical (unpaired) electrons. The van der Waals surface area contributed by atoms with E-state index in [1.165, 1.54) is 6.26 Å². The predicted molar refractivity (Wildman–Crippen MR) is 121 cm³/mol. The van der Waals surface area contributed by atoms with Gasteiger partial charge in [0, 0.05) is 43.4 Å². The van der Waals surface area contributed by atoms with Gasteiger partial charge >= 0.3 is 12.0 Å². The van der Waals surface area contributed by atoms with Gasteiger partial charge in [0.2, 0.25) is 0 Å². The summed E-state index contributed by atoms with van der Waals surface area (Å²) in [5.74, 6) is -0.361. The number of nitrogens with zero attached hydrogens (tertiary/aromatic N) is 2. The molecule has 1 fully saturated rings. The highest BCUT2D eigenvalue weighted by atomic mass is 35.5. The van der Waals surface area contributed by atoms with Crippen LogP contribution in [-0.2, 0) is 9.53 Å². The number of hydrogen-bond donors (Lipinski definition) is 2. The van der Waals surface area contributed by atoms with Crippen LogP contribution in [0.3, 0.4) is 0 Å². The van der Waals surface area contributed by atoms with Crippen molar-refractivity contribution < 1.29 is 23.5 Å². The lowest BCUT2D eigenvalue weighted by atomic mass is 9.94. The van der Waals surface area contributed by atoms with Crippen LogP contribution in [0.5, 0.6) is 0 Å². The van der Waals surface area contributed by atoms with Crippen LogP contribution in [0.1, 0.15) is 29.1 Å². The molecule has 2 aromatic rings. The van der Waals surface area contributed by atoms with E-state index in [1.54, 1.807) is 48.2 Å². The van der Waals surface area contributed by atoms with E-state index in [-0.39, 0.29) is 12.5 Å². The van der Waals surface area contributed by atoms with Gasteiger partial charge in [-0.2, -0.15) is 0 Å². The first-order valence-electron chi connectivity index (χ1n) is 10.7. The van der Waals surface area contributed by atoms with Crippen molar-refractivity contribution >= 4 is 29.5 Å². The number of amides is 3. The quantitative estimate of drug-likeness (QED) is 0.626. The van der Waals surface area contributed by atoms with Crippen molar-refractivity contribution in [3.63, 3.8) is 0 Å². The van der Waals surface area contributed by atoms with Gasteiger partial charge in [0.15, 0.2) is 5.76 Å². The first-order valence-corrected chi connectivity index (χ1v) is 11.1. The summed E-state index contributed by atoms with van der Waals surface area (Å²) < 4.78 is 10.5. The number of halogens is 1. The second-order valence-corrected chi connectivity index (χ2v) is 8.12. The number of furan rings is 1. The van der Waals surface area contributed by atoms with Crippen LogP contribution in [0.4, 0.5) is 4.79 Å². The number of carbonyl (C=O) groups is 3. The first-order chi connectivity index (χ1) is 16.0. The van der Waals surface area contributed by atoms with Crippen LogP contribution in [0.25, 0.3) is 0 Å². The molecule has 1 aromatic carbocycles. The van der Waals surface area contributed by atoms with Gasteiger partial charge in [-0.15, -0.1) is 0 Å². The average molecular weight is 473 g/mol. The first kappa shape index (κ1) is 22.9. The number of urea groups is 1. The Morgan fingerprint density at radius 3 is 2.58 bits per heavy atom. The molecule has 1 atom stereocenters. The summed E-state index contributed by atoms with van der Waals surface area (Å²) in [4.78, 5) is 41.7. The average Bonchev–Trinajstić information content (AvgIpc) is 3.34. The van der Waals surface area contributed by atoms with Gasteiger partial charge in [0.05, 0.1) is 24.5 Å². The third-order valence-electron chi connectivity index (χ3n) is 5.64. The molecule has 2 N–H and O–H groups in total. The van der Waals surface area contributed by atoms with Crippen LogP contribution < -0.4 is 10.6 Å². The number of nitrogens with one attached hydrogen (secondary N) is 2. The highest BCUT2D eigenvalue weighted by molar-refractivity contribution is 6.31. The minimum atomic E-state index is -0.733. The van der Waals surface area contributed by atoms with Gasteiger partial charge in [-0.3, -0.25) is 9.69 Å².